The molecule has 3 heterocycles. The minimum Gasteiger partial charge on any atom is -0.464 e. The van der Waals surface area contributed by atoms with Gasteiger partial charge in [-0.05, 0) is 66.2 Å². The van der Waals surface area contributed by atoms with Gasteiger partial charge in [0.1, 0.15) is 5.76 Å². The first kappa shape index (κ1) is 18.0. The molecule has 5 heteroatoms. The molecule has 0 fully saturated rings. The molecule has 0 amide bonds. The van der Waals surface area contributed by atoms with Crippen molar-refractivity contribution < 1.29 is 13.9 Å². The zero-order valence-electron chi connectivity index (χ0n) is 17.5. The Morgan fingerprint density at radius 3 is 1.94 bits per heavy atom. The van der Waals surface area contributed by atoms with E-state index in [9.17, 15) is 0 Å². The van der Waals surface area contributed by atoms with Gasteiger partial charge in [-0.3, -0.25) is 0 Å². The quantitative estimate of drug-likeness (QED) is 0.289. The summed E-state index contributed by atoms with van der Waals surface area (Å²) in [5.41, 5.74) is 6.74. The molecule has 0 unspecified atom stereocenters. The highest BCUT2D eigenvalue weighted by molar-refractivity contribution is 5.86. The number of nitrogens with one attached hydrogen (secondary N) is 2. The normalized spacial score (nSPS) is 12.6. The molecule has 4 aromatic carbocycles. The Bertz CT molecular complexity index is 1420. The van der Waals surface area contributed by atoms with Gasteiger partial charge in [-0.15, -0.1) is 0 Å². The number of furan rings is 1. The van der Waals surface area contributed by atoms with Crippen LogP contribution in [-0.4, -0.2) is 0 Å². The van der Waals surface area contributed by atoms with Crippen molar-refractivity contribution in [3.8, 4) is 45.4 Å². The lowest BCUT2D eigenvalue weighted by Gasteiger charge is -2.22. The van der Waals surface area contributed by atoms with Gasteiger partial charge in [-0.2, -0.15) is 0 Å². The van der Waals surface area contributed by atoms with Crippen LogP contribution in [0.25, 0.3) is 22.5 Å². The maximum Gasteiger partial charge on any atom is 0.151 e. The van der Waals surface area contributed by atoms with Crippen LogP contribution in [0.2, 0.25) is 0 Å². The molecule has 0 saturated carbocycles. The van der Waals surface area contributed by atoms with E-state index in [0.29, 0.717) is 0 Å². The molecule has 2 aliphatic heterocycles. The third-order valence-electron chi connectivity index (χ3n) is 5.95. The van der Waals surface area contributed by atoms with E-state index in [1.54, 1.807) is 6.26 Å². The first-order chi connectivity index (χ1) is 16.3. The molecule has 0 atom stereocenters. The van der Waals surface area contributed by atoms with Crippen LogP contribution in [0.5, 0.6) is 23.0 Å². The monoisotopic (exact) mass is 430 g/mol. The summed E-state index contributed by atoms with van der Waals surface area (Å²) >= 11 is 0. The number of hydrogen-bond donors (Lipinski definition) is 2. The molecule has 33 heavy (non-hydrogen) atoms. The average molecular weight is 430 g/mol. The number of anilines is 4. The number of fused-ring (bicyclic) bond motifs is 4. The molecule has 5 aromatic rings. The second kappa shape index (κ2) is 6.93. The van der Waals surface area contributed by atoms with Gasteiger partial charge in [0.25, 0.3) is 0 Å². The van der Waals surface area contributed by atoms with E-state index in [-0.39, 0.29) is 0 Å². The van der Waals surface area contributed by atoms with Crippen LogP contribution < -0.4 is 20.1 Å². The highest BCUT2D eigenvalue weighted by Crippen LogP contribution is 2.46. The van der Waals surface area contributed by atoms with E-state index < -0.39 is 0 Å². The highest BCUT2D eigenvalue weighted by Gasteiger charge is 2.21. The van der Waals surface area contributed by atoms with Crippen molar-refractivity contribution in [1.29, 1.82) is 0 Å². The van der Waals surface area contributed by atoms with E-state index in [4.69, 9.17) is 13.9 Å². The Morgan fingerprint density at radius 2 is 1.12 bits per heavy atom. The van der Waals surface area contributed by atoms with Crippen LogP contribution in [0.15, 0.2) is 102 Å². The van der Waals surface area contributed by atoms with Gasteiger partial charge in [0, 0.05) is 11.1 Å². The van der Waals surface area contributed by atoms with E-state index in [2.05, 4.69) is 22.8 Å². The Labute approximate surface area is 190 Å². The van der Waals surface area contributed by atoms with Crippen molar-refractivity contribution in [3.05, 3.63) is 97.3 Å². The van der Waals surface area contributed by atoms with E-state index in [1.165, 1.54) is 0 Å². The molecule has 2 aliphatic rings. The molecule has 158 valence electrons. The van der Waals surface area contributed by atoms with Gasteiger partial charge in [-0.25, -0.2) is 0 Å². The summed E-state index contributed by atoms with van der Waals surface area (Å²) in [6, 6.07) is 30.0. The second-order valence-electron chi connectivity index (χ2n) is 8.03. The Kier molecular flexibility index (Phi) is 3.78. The van der Waals surface area contributed by atoms with E-state index >= 15 is 0 Å². The van der Waals surface area contributed by atoms with Gasteiger partial charge in [0.05, 0.1) is 29.0 Å². The molecule has 1 aromatic heterocycles. The first-order valence-electron chi connectivity index (χ1n) is 10.8. The molecule has 0 bridgehead atoms. The predicted octanol–water partition coefficient (Wildman–Crippen LogP) is 8.31. The van der Waals surface area contributed by atoms with Crippen molar-refractivity contribution >= 4 is 22.7 Å². The maximum atomic E-state index is 6.15. The van der Waals surface area contributed by atoms with Crippen molar-refractivity contribution in [2.45, 2.75) is 0 Å². The van der Waals surface area contributed by atoms with Crippen LogP contribution in [0, 0.1) is 0 Å². The average Bonchev–Trinajstić information content (AvgIpc) is 3.35. The fourth-order valence-electron chi connectivity index (χ4n) is 4.34. The summed E-state index contributed by atoms with van der Waals surface area (Å²) in [5, 5.41) is 6.89. The minimum atomic E-state index is 0.787. The molecule has 7 rings (SSSR count). The van der Waals surface area contributed by atoms with E-state index in [1.807, 2.05) is 78.9 Å². The van der Waals surface area contributed by atoms with Crippen LogP contribution in [0.3, 0.4) is 0 Å². The number of hydrogen-bond acceptors (Lipinski definition) is 5. The highest BCUT2D eigenvalue weighted by atomic mass is 16.5. The molecule has 0 spiro atoms. The molecule has 2 N–H and O–H groups in total. The third kappa shape index (κ3) is 2.94. The summed E-state index contributed by atoms with van der Waals surface area (Å²) < 4.78 is 18.1. The summed E-state index contributed by atoms with van der Waals surface area (Å²) in [5.74, 6) is 4.01. The van der Waals surface area contributed by atoms with Gasteiger partial charge < -0.3 is 24.5 Å². The van der Waals surface area contributed by atoms with Crippen LogP contribution in [0.4, 0.5) is 22.7 Å². The largest absolute Gasteiger partial charge is 0.464 e. The maximum absolute atomic E-state index is 6.15. The summed E-state index contributed by atoms with van der Waals surface area (Å²) in [4.78, 5) is 0. The summed E-state index contributed by atoms with van der Waals surface area (Å²) in [6.45, 7) is 0. The van der Waals surface area contributed by atoms with Crippen LogP contribution in [0.1, 0.15) is 0 Å². The predicted molar refractivity (Wildman–Crippen MR) is 129 cm³/mol. The zero-order chi connectivity index (χ0) is 21.8. The molecule has 0 aliphatic carbocycles. The fourth-order valence-corrected chi connectivity index (χ4v) is 4.34. The Morgan fingerprint density at radius 1 is 0.485 bits per heavy atom. The number of para-hydroxylation sites is 4. The zero-order valence-corrected chi connectivity index (χ0v) is 17.5. The standard InChI is InChI=1S/C28H18N2O3/c1-4-8-25-20(5-1)29-22-11-9-17(16-27(22)33-25)19-13-14-31-28(19)18-10-12-26-23(15-18)30-21-6-2-3-7-24(21)32-26/h1-16,29-30H. The van der Waals surface area contributed by atoms with Crippen molar-refractivity contribution in [2.24, 2.45) is 0 Å². The lowest BCUT2D eigenvalue weighted by molar-refractivity contribution is 0.481. The SMILES string of the molecule is c1ccc2c(c1)Nc1cc(-c3occc3-c3ccc4c(c3)Oc3ccccc3N4)ccc1O2. The van der Waals surface area contributed by atoms with Gasteiger partial charge in [0.2, 0.25) is 0 Å². The number of ether oxygens (including phenoxy) is 2. The fraction of sp³-hybridized carbons (Fsp3) is 0. The van der Waals surface area contributed by atoms with Crippen LogP contribution in [-0.2, 0) is 0 Å². The summed E-state index contributed by atoms with van der Waals surface area (Å²) in [7, 11) is 0. The summed E-state index contributed by atoms with van der Waals surface area (Å²) in [6.07, 6.45) is 1.72. The topological polar surface area (TPSA) is 55.7 Å². The first-order valence-corrected chi connectivity index (χ1v) is 10.8. The smallest absolute Gasteiger partial charge is 0.151 e. The van der Waals surface area contributed by atoms with Crippen molar-refractivity contribution in [1.82, 2.24) is 0 Å². The van der Waals surface area contributed by atoms with Crippen molar-refractivity contribution in [3.63, 3.8) is 0 Å². The van der Waals surface area contributed by atoms with Gasteiger partial charge >= 0.3 is 0 Å². The van der Waals surface area contributed by atoms with Gasteiger partial charge in [0.15, 0.2) is 23.0 Å². The van der Waals surface area contributed by atoms with Crippen LogP contribution >= 0.6 is 0 Å². The Balaban J connectivity index is 1.25. The molecular formula is C28H18N2O3. The minimum absolute atomic E-state index is 0.787. The molecule has 5 nitrogen and oxygen atoms in total. The number of rotatable bonds is 2. The van der Waals surface area contributed by atoms with Crippen molar-refractivity contribution in [2.75, 3.05) is 10.6 Å². The molecule has 0 saturated heterocycles. The third-order valence-corrected chi connectivity index (χ3v) is 5.95. The Hall–Kier alpha value is -4.64. The lowest BCUT2D eigenvalue weighted by atomic mass is 10.00. The van der Waals surface area contributed by atoms with E-state index in [0.717, 1.165) is 68.2 Å². The lowest BCUT2D eigenvalue weighted by Crippen LogP contribution is -2.03. The number of benzene rings is 4. The molecular weight excluding hydrogens is 412 g/mol. The molecule has 0 radical (unpaired) electrons. The van der Waals surface area contributed by atoms with Gasteiger partial charge in [-0.1, -0.05) is 30.3 Å². The second-order valence-corrected chi connectivity index (χ2v) is 8.03.